The van der Waals surface area contributed by atoms with E-state index in [0.717, 1.165) is 50.4 Å². The van der Waals surface area contributed by atoms with Crippen molar-refractivity contribution in [3.05, 3.63) is 48.8 Å². The molecule has 1 aromatic carbocycles. The van der Waals surface area contributed by atoms with Crippen molar-refractivity contribution < 1.29 is 4.74 Å². The summed E-state index contributed by atoms with van der Waals surface area (Å²) in [5.74, 6) is 2.62. The van der Waals surface area contributed by atoms with Crippen molar-refractivity contribution in [3.8, 4) is 5.75 Å². The lowest BCUT2D eigenvalue weighted by Crippen LogP contribution is -2.53. The molecule has 1 N–H and O–H groups in total. The molecule has 1 aromatic heterocycles. The van der Waals surface area contributed by atoms with E-state index < -0.39 is 0 Å². The average molecular weight is 482 g/mol. The number of anilines is 1. The van der Waals surface area contributed by atoms with Crippen molar-refractivity contribution in [3.63, 3.8) is 0 Å². The van der Waals surface area contributed by atoms with Crippen molar-refractivity contribution in [1.29, 1.82) is 0 Å². The van der Waals surface area contributed by atoms with Gasteiger partial charge in [-0.2, -0.15) is 0 Å². The van der Waals surface area contributed by atoms with Crippen LogP contribution in [0.2, 0.25) is 0 Å². The first-order chi connectivity index (χ1) is 12.9. The molecule has 1 fully saturated rings. The second-order valence-electron chi connectivity index (χ2n) is 5.92. The van der Waals surface area contributed by atoms with Gasteiger partial charge < -0.3 is 19.9 Å². The van der Waals surface area contributed by atoms with Crippen molar-refractivity contribution in [2.24, 2.45) is 4.99 Å². The van der Waals surface area contributed by atoms with Crippen LogP contribution in [0, 0.1) is 0 Å². The molecule has 7 nitrogen and oxygen atoms in total. The van der Waals surface area contributed by atoms with Crippen LogP contribution in [0.15, 0.2) is 53.8 Å². The van der Waals surface area contributed by atoms with Crippen LogP contribution in [0.5, 0.6) is 5.75 Å². The Kier molecular flexibility index (Phi) is 9.09. The maximum Gasteiger partial charge on any atom is 0.225 e. The zero-order chi connectivity index (χ0) is 18.0. The highest BCUT2D eigenvalue weighted by atomic mass is 127. The van der Waals surface area contributed by atoms with E-state index in [4.69, 9.17) is 9.73 Å². The van der Waals surface area contributed by atoms with Crippen LogP contribution in [-0.4, -0.2) is 66.7 Å². The van der Waals surface area contributed by atoms with E-state index in [9.17, 15) is 0 Å². The van der Waals surface area contributed by atoms with Gasteiger partial charge in [-0.25, -0.2) is 15.0 Å². The molecule has 0 spiro atoms. The van der Waals surface area contributed by atoms with E-state index in [1.165, 1.54) is 0 Å². The number of aromatic nitrogens is 2. The van der Waals surface area contributed by atoms with Crippen molar-refractivity contribution in [2.45, 2.75) is 6.92 Å². The first kappa shape index (κ1) is 21.2. The lowest BCUT2D eigenvalue weighted by atomic mass is 10.3. The van der Waals surface area contributed by atoms with E-state index in [1.54, 1.807) is 12.4 Å². The maximum absolute atomic E-state index is 5.72. The van der Waals surface area contributed by atoms with Gasteiger partial charge in [0, 0.05) is 45.1 Å². The molecular formula is C19H27IN6O. The SMILES string of the molecule is CCNC(=NCCOc1ccccc1)N1CCN(c2ncccn2)CC1.I. The smallest absolute Gasteiger partial charge is 0.225 e. The second-order valence-corrected chi connectivity index (χ2v) is 5.92. The Hall–Kier alpha value is -2.10. The Balaban J connectivity index is 0.00000261. The molecule has 3 rings (SSSR count). The summed E-state index contributed by atoms with van der Waals surface area (Å²) in [6.07, 6.45) is 3.57. The van der Waals surface area contributed by atoms with Crippen LogP contribution in [0.1, 0.15) is 6.92 Å². The molecule has 0 aliphatic carbocycles. The summed E-state index contributed by atoms with van der Waals surface area (Å²) in [6, 6.07) is 11.7. The summed E-state index contributed by atoms with van der Waals surface area (Å²) < 4.78 is 5.72. The van der Waals surface area contributed by atoms with Gasteiger partial charge in [-0.3, -0.25) is 0 Å². The number of nitrogens with zero attached hydrogens (tertiary/aromatic N) is 5. The largest absolute Gasteiger partial charge is 0.492 e. The van der Waals surface area contributed by atoms with Gasteiger partial charge in [0.2, 0.25) is 5.95 Å². The van der Waals surface area contributed by atoms with Crippen LogP contribution < -0.4 is 15.0 Å². The molecule has 27 heavy (non-hydrogen) atoms. The summed E-state index contributed by atoms with van der Waals surface area (Å²) >= 11 is 0. The molecule has 146 valence electrons. The number of aliphatic imine (C=N–C) groups is 1. The normalized spacial score (nSPS) is 14.5. The Labute approximate surface area is 177 Å². The number of nitrogens with one attached hydrogen (secondary N) is 1. The quantitative estimate of drug-likeness (QED) is 0.295. The standard InChI is InChI=1S/C19H26N6O.HI/c1-2-20-18(23-11-16-26-17-7-4-3-5-8-17)24-12-14-25(15-13-24)19-21-9-6-10-22-19;/h3-10H,2,11-16H2,1H3,(H,20,23);1H. The number of ether oxygens (including phenoxy) is 1. The van der Waals surface area contributed by atoms with Gasteiger partial charge in [-0.1, -0.05) is 18.2 Å². The fourth-order valence-electron chi connectivity index (χ4n) is 2.83. The number of rotatable bonds is 6. The molecule has 0 atom stereocenters. The van der Waals surface area contributed by atoms with E-state index in [1.807, 2.05) is 36.4 Å². The number of guanidine groups is 1. The molecular weight excluding hydrogens is 455 g/mol. The van der Waals surface area contributed by atoms with Gasteiger partial charge in [-0.05, 0) is 25.1 Å². The first-order valence-electron chi connectivity index (χ1n) is 9.10. The molecule has 0 bridgehead atoms. The monoisotopic (exact) mass is 482 g/mol. The third-order valence-corrected chi connectivity index (χ3v) is 4.11. The number of para-hydroxylation sites is 1. The Bertz CT molecular complexity index is 677. The molecule has 1 aliphatic heterocycles. The van der Waals surface area contributed by atoms with Gasteiger partial charge in [0.05, 0.1) is 6.54 Å². The summed E-state index contributed by atoms with van der Waals surface area (Å²) in [5, 5.41) is 3.38. The van der Waals surface area contributed by atoms with Gasteiger partial charge >= 0.3 is 0 Å². The third kappa shape index (κ3) is 6.53. The minimum absolute atomic E-state index is 0. The lowest BCUT2D eigenvalue weighted by molar-refractivity contribution is 0.325. The van der Waals surface area contributed by atoms with Crippen molar-refractivity contribution in [1.82, 2.24) is 20.2 Å². The summed E-state index contributed by atoms with van der Waals surface area (Å²) in [7, 11) is 0. The average Bonchev–Trinajstić information content (AvgIpc) is 2.72. The molecule has 1 aliphatic rings. The van der Waals surface area contributed by atoms with Crippen molar-refractivity contribution in [2.75, 3.05) is 50.8 Å². The zero-order valence-electron chi connectivity index (χ0n) is 15.6. The Morgan fingerprint density at radius 2 is 1.78 bits per heavy atom. The fraction of sp³-hybridized carbons (Fsp3) is 0.421. The van der Waals surface area contributed by atoms with Crippen LogP contribution >= 0.6 is 24.0 Å². The molecule has 1 saturated heterocycles. The first-order valence-corrected chi connectivity index (χ1v) is 9.10. The van der Waals surface area contributed by atoms with E-state index >= 15 is 0 Å². The molecule has 8 heteroatoms. The van der Waals surface area contributed by atoms with Gasteiger partial charge in [-0.15, -0.1) is 24.0 Å². The summed E-state index contributed by atoms with van der Waals surface area (Å²) in [6.45, 7) is 7.68. The summed E-state index contributed by atoms with van der Waals surface area (Å²) in [5.41, 5.74) is 0. The predicted molar refractivity (Wildman–Crippen MR) is 119 cm³/mol. The third-order valence-electron chi connectivity index (χ3n) is 4.11. The highest BCUT2D eigenvalue weighted by Gasteiger charge is 2.20. The number of benzene rings is 1. The predicted octanol–water partition coefficient (Wildman–Crippen LogP) is 2.26. The van der Waals surface area contributed by atoms with Gasteiger partial charge in [0.25, 0.3) is 0 Å². The fourth-order valence-corrected chi connectivity index (χ4v) is 2.83. The molecule has 2 aromatic rings. The zero-order valence-corrected chi connectivity index (χ0v) is 18.0. The molecule has 2 heterocycles. The van der Waals surface area contributed by atoms with Crippen molar-refractivity contribution >= 4 is 35.9 Å². The topological polar surface area (TPSA) is 65.9 Å². The maximum atomic E-state index is 5.72. The Morgan fingerprint density at radius 1 is 1.07 bits per heavy atom. The molecule has 0 radical (unpaired) electrons. The minimum atomic E-state index is 0. The lowest BCUT2D eigenvalue weighted by Gasteiger charge is -2.36. The minimum Gasteiger partial charge on any atom is -0.492 e. The van der Waals surface area contributed by atoms with E-state index in [2.05, 4.69) is 32.0 Å². The molecule has 0 unspecified atom stereocenters. The van der Waals surface area contributed by atoms with Gasteiger partial charge in [0.15, 0.2) is 5.96 Å². The van der Waals surface area contributed by atoms with Crippen LogP contribution in [0.4, 0.5) is 5.95 Å². The number of piperazine rings is 1. The second kappa shape index (κ2) is 11.6. The number of halogens is 1. The van der Waals surface area contributed by atoms with Crippen LogP contribution in [0.25, 0.3) is 0 Å². The van der Waals surface area contributed by atoms with Crippen LogP contribution in [0.3, 0.4) is 0 Å². The van der Waals surface area contributed by atoms with E-state index in [0.29, 0.717) is 13.2 Å². The van der Waals surface area contributed by atoms with Crippen LogP contribution in [-0.2, 0) is 0 Å². The molecule has 0 amide bonds. The summed E-state index contributed by atoms with van der Waals surface area (Å²) in [4.78, 5) is 17.9. The van der Waals surface area contributed by atoms with Gasteiger partial charge in [0.1, 0.15) is 12.4 Å². The van der Waals surface area contributed by atoms with E-state index in [-0.39, 0.29) is 24.0 Å². The number of hydrogen-bond donors (Lipinski definition) is 1. The highest BCUT2D eigenvalue weighted by Crippen LogP contribution is 2.10. The number of hydrogen-bond acceptors (Lipinski definition) is 5. The molecule has 0 saturated carbocycles. The Morgan fingerprint density at radius 3 is 2.44 bits per heavy atom. The highest BCUT2D eigenvalue weighted by molar-refractivity contribution is 14.0.